The maximum absolute atomic E-state index is 5.33. The van der Waals surface area contributed by atoms with Gasteiger partial charge in [-0.2, -0.15) is 0 Å². The van der Waals surface area contributed by atoms with E-state index in [0.29, 0.717) is 0 Å². The van der Waals surface area contributed by atoms with E-state index in [9.17, 15) is 0 Å². The van der Waals surface area contributed by atoms with Crippen molar-refractivity contribution in [2.24, 2.45) is 0 Å². The van der Waals surface area contributed by atoms with Gasteiger partial charge >= 0.3 is 0 Å². The molecule has 0 N–H and O–H groups in total. The first kappa shape index (κ1) is 22.7. The average Bonchev–Trinajstić information content (AvgIpc) is 2.44. The molecule has 22 heavy (non-hydrogen) atoms. The average molecular weight is 417 g/mol. The molecule has 0 saturated carbocycles. The van der Waals surface area contributed by atoms with Gasteiger partial charge in [0.1, 0.15) is 13.0 Å². The third kappa shape index (κ3) is 10.5. The summed E-state index contributed by atoms with van der Waals surface area (Å²) >= 11 is 21.0. The molecule has 0 radical (unpaired) electrons. The van der Waals surface area contributed by atoms with Crippen LogP contribution in [0.25, 0.3) is 0 Å². The second kappa shape index (κ2) is 12.1. The van der Waals surface area contributed by atoms with Crippen molar-refractivity contribution in [1.29, 1.82) is 0 Å². The van der Waals surface area contributed by atoms with Crippen LogP contribution >= 0.6 is 71.9 Å². The number of rotatable bonds is 6. The molecular weight excluding hydrogens is 393 g/mol. The summed E-state index contributed by atoms with van der Waals surface area (Å²) in [5, 5.41) is 0. The number of thioether (sulfide) groups is 3. The highest BCUT2D eigenvalue weighted by atomic mass is 32.2. The Kier molecular flexibility index (Phi) is 12.5. The van der Waals surface area contributed by atoms with Crippen molar-refractivity contribution in [1.82, 2.24) is 19.6 Å². The Morgan fingerprint density at radius 3 is 1.00 bits per heavy atom. The molecule has 0 aromatic heterocycles. The highest BCUT2D eigenvalue weighted by Crippen LogP contribution is 2.18. The fourth-order valence-corrected chi connectivity index (χ4v) is 3.96. The molecule has 0 aliphatic carbocycles. The van der Waals surface area contributed by atoms with Crippen LogP contribution in [0, 0.1) is 0 Å². The van der Waals surface area contributed by atoms with Crippen molar-refractivity contribution in [2.45, 2.75) is 0 Å². The summed E-state index contributed by atoms with van der Waals surface area (Å²) in [4.78, 5) is 8.15. The highest BCUT2D eigenvalue weighted by molar-refractivity contribution is 8.24. The number of hydrogen-bond acceptors (Lipinski definition) is 7. The molecule has 0 aromatic carbocycles. The van der Waals surface area contributed by atoms with Gasteiger partial charge in [0, 0.05) is 42.3 Å². The number of thiocarbonyl (C=S) groups is 3. The number of nitrogens with zero attached hydrogens (tertiary/aromatic N) is 4. The summed E-state index contributed by atoms with van der Waals surface area (Å²) < 4.78 is 2.64. The predicted octanol–water partition coefficient (Wildman–Crippen LogP) is 2.90. The van der Waals surface area contributed by atoms with Crippen LogP contribution < -0.4 is 0 Å². The van der Waals surface area contributed by atoms with Crippen LogP contribution in [-0.2, 0) is 0 Å². The van der Waals surface area contributed by atoms with Gasteiger partial charge in [-0.05, 0) is 0 Å². The fraction of sp³-hybridized carbons (Fsp3) is 0.750. The largest absolute Gasteiger partial charge is 0.364 e. The Hall–Kier alpha value is 0.680. The fourth-order valence-electron chi connectivity index (χ4n) is 0.939. The Balaban J connectivity index is 4.45. The summed E-state index contributed by atoms with van der Waals surface area (Å²) in [5.74, 6) is 2.47. The molecule has 0 aliphatic rings. The molecule has 0 rings (SSSR count). The van der Waals surface area contributed by atoms with Gasteiger partial charge in [-0.15, -0.1) is 0 Å². The molecule has 4 nitrogen and oxygen atoms in total. The van der Waals surface area contributed by atoms with Crippen molar-refractivity contribution in [3.8, 4) is 0 Å². The van der Waals surface area contributed by atoms with E-state index in [-0.39, 0.29) is 0 Å². The van der Waals surface area contributed by atoms with E-state index in [1.807, 2.05) is 57.0 Å². The standard InChI is InChI=1S/C12H24N4S6/c1-13(2)10(17)20-7-16(8-21-11(18)14(3)4)9-22-12(19)15(5)6/h7-9H2,1-6H3. The molecule has 0 aromatic rings. The third-order valence-electron chi connectivity index (χ3n) is 2.21. The van der Waals surface area contributed by atoms with Gasteiger partial charge in [-0.25, -0.2) is 0 Å². The smallest absolute Gasteiger partial charge is 0.137 e. The lowest BCUT2D eigenvalue weighted by molar-refractivity contribution is 0.449. The third-order valence-corrected chi connectivity index (χ3v) is 7.68. The minimum atomic E-state index is 0.823. The van der Waals surface area contributed by atoms with E-state index in [2.05, 4.69) is 4.90 Å². The van der Waals surface area contributed by atoms with Gasteiger partial charge in [0.05, 0.1) is 17.6 Å². The van der Waals surface area contributed by atoms with Gasteiger partial charge < -0.3 is 14.7 Å². The summed E-state index contributed by atoms with van der Waals surface area (Å²) in [6.45, 7) is 0. The van der Waals surface area contributed by atoms with Gasteiger partial charge in [-0.1, -0.05) is 71.9 Å². The lowest BCUT2D eigenvalue weighted by Crippen LogP contribution is -2.29. The lowest BCUT2D eigenvalue weighted by atomic mass is 11.0. The maximum atomic E-state index is 5.33. The zero-order chi connectivity index (χ0) is 17.3. The summed E-state index contributed by atoms with van der Waals surface area (Å²) in [7, 11) is 11.8. The molecule has 0 amide bonds. The zero-order valence-corrected chi connectivity index (χ0v) is 18.8. The minimum Gasteiger partial charge on any atom is -0.364 e. The second-order valence-electron chi connectivity index (χ2n) is 4.97. The SMILES string of the molecule is CN(C)C(=S)SCN(CSC(=S)N(C)C)CSC(=S)N(C)C. The second-order valence-corrected chi connectivity index (χ2v) is 9.71. The van der Waals surface area contributed by atoms with E-state index in [1.54, 1.807) is 35.3 Å². The van der Waals surface area contributed by atoms with Crippen LogP contribution in [0.3, 0.4) is 0 Å². The van der Waals surface area contributed by atoms with Crippen molar-refractivity contribution < 1.29 is 0 Å². The van der Waals surface area contributed by atoms with E-state index in [4.69, 9.17) is 36.7 Å². The van der Waals surface area contributed by atoms with Crippen LogP contribution in [0.1, 0.15) is 0 Å². The molecule has 10 heteroatoms. The molecule has 0 saturated heterocycles. The highest BCUT2D eigenvalue weighted by Gasteiger charge is 2.12. The Labute approximate surface area is 163 Å². The van der Waals surface area contributed by atoms with Crippen molar-refractivity contribution >= 4 is 84.9 Å². The summed E-state index contributed by atoms with van der Waals surface area (Å²) in [6, 6.07) is 0. The molecule has 0 fully saturated rings. The van der Waals surface area contributed by atoms with Crippen LogP contribution in [0.4, 0.5) is 0 Å². The minimum absolute atomic E-state index is 0.823. The first-order valence-corrected chi connectivity index (χ1v) is 10.6. The van der Waals surface area contributed by atoms with E-state index < -0.39 is 0 Å². The normalized spacial score (nSPS) is 10.5. The monoisotopic (exact) mass is 416 g/mol. The molecule has 0 atom stereocenters. The Morgan fingerprint density at radius 1 is 0.591 bits per heavy atom. The molecule has 128 valence electrons. The molecule has 0 unspecified atom stereocenters. The van der Waals surface area contributed by atoms with Crippen molar-refractivity contribution in [3.63, 3.8) is 0 Å². The van der Waals surface area contributed by atoms with E-state index >= 15 is 0 Å². The molecule has 0 spiro atoms. The van der Waals surface area contributed by atoms with Crippen LogP contribution in [0.2, 0.25) is 0 Å². The number of hydrogen-bond donors (Lipinski definition) is 0. The van der Waals surface area contributed by atoms with Gasteiger partial charge in [0.2, 0.25) is 0 Å². The Morgan fingerprint density at radius 2 is 0.818 bits per heavy atom. The quantitative estimate of drug-likeness (QED) is 0.471. The Bertz CT molecular complexity index is 329. The van der Waals surface area contributed by atoms with Gasteiger partial charge in [0.15, 0.2) is 0 Å². The van der Waals surface area contributed by atoms with E-state index in [1.165, 1.54) is 0 Å². The maximum Gasteiger partial charge on any atom is 0.137 e. The van der Waals surface area contributed by atoms with E-state index in [0.717, 1.165) is 30.6 Å². The molecule has 0 bridgehead atoms. The van der Waals surface area contributed by atoms with Gasteiger partial charge in [-0.3, -0.25) is 4.90 Å². The molecular formula is C12H24N4S6. The first-order chi connectivity index (χ1) is 10.1. The topological polar surface area (TPSA) is 13.0 Å². The van der Waals surface area contributed by atoms with Crippen LogP contribution in [-0.4, -0.2) is 92.5 Å². The van der Waals surface area contributed by atoms with Crippen molar-refractivity contribution in [3.05, 3.63) is 0 Å². The lowest BCUT2D eigenvalue weighted by Gasteiger charge is -2.24. The zero-order valence-electron chi connectivity index (χ0n) is 13.9. The molecule has 0 aliphatic heterocycles. The summed E-state index contributed by atoms with van der Waals surface area (Å²) in [6.07, 6.45) is 0. The molecule has 0 heterocycles. The van der Waals surface area contributed by atoms with Crippen LogP contribution in [0.15, 0.2) is 0 Å². The van der Waals surface area contributed by atoms with Gasteiger partial charge in [0.25, 0.3) is 0 Å². The van der Waals surface area contributed by atoms with Crippen LogP contribution in [0.5, 0.6) is 0 Å². The van der Waals surface area contributed by atoms with Crippen molar-refractivity contribution in [2.75, 3.05) is 59.9 Å². The first-order valence-electron chi connectivity index (χ1n) is 6.39. The summed E-state index contributed by atoms with van der Waals surface area (Å²) in [5.41, 5.74) is 0. The predicted molar refractivity (Wildman–Crippen MR) is 118 cm³/mol.